The van der Waals surface area contributed by atoms with Crippen molar-refractivity contribution in [3.63, 3.8) is 0 Å². The van der Waals surface area contributed by atoms with Crippen LogP contribution < -0.4 is 4.90 Å². The number of benzene rings is 10. The molecular weight excluding hydrogens is 751 g/mol. The van der Waals surface area contributed by atoms with E-state index < -0.39 is 0 Å². The minimum atomic E-state index is 1.11. The molecule has 276 valence electrons. The first kappa shape index (κ1) is 34.0. The van der Waals surface area contributed by atoms with Gasteiger partial charge in [-0.25, -0.2) is 0 Å². The Labute approximate surface area is 350 Å². The van der Waals surface area contributed by atoms with E-state index in [1.807, 2.05) is 22.7 Å². The van der Waals surface area contributed by atoms with Crippen LogP contribution in [0.1, 0.15) is 0 Å². The van der Waals surface area contributed by atoms with Gasteiger partial charge in [-0.1, -0.05) is 158 Å². The monoisotopic (exact) mass is 785 g/mol. The van der Waals surface area contributed by atoms with Gasteiger partial charge in [0.1, 0.15) is 0 Å². The minimum absolute atomic E-state index is 1.11. The largest absolute Gasteiger partial charge is 0.309 e. The molecule has 3 heteroatoms. The molecule has 1 nitrogen and oxygen atoms in total. The summed E-state index contributed by atoms with van der Waals surface area (Å²) in [6, 6.07) is 78.3. The maximum absolute atomic E-state index is 2.46. The Kier molecular flexibility index (Phi) is 7.97. The average molecular weight is 786 g/mol. The molecule has 12 aromatic rings. The zero-order valence-corrected chi connectivity index (χ0v) is 33.6. The predicted molar refractivity (Wildman–Crippen MR) is 258 cm³/mol. The number of anilines is 3. The van der Waals surface area contributed by atoms with Gasteiger partial charge in [-0.3, -0.25) is 0 Å². The molecule has 0 amide bonds. The smallest absolute Gasteiger partial charge is 0.0640 e. The molecule has 0 saturated heterocycles. The summed E-state index contributed by atoms with van der Waals surface area (Å²) < 4.78 is 5.21. The summed E-state index contributed by atoms with van der Waals surface area (Å²) in [5.41, 5.74) is 10.7. The van der Waals surface area contributed by atoms with Gasteiger partial charge in [0, 0.05) is 47.0 Å². The van der Waals surface area contributed by atoms with Crippen LogP contribution in [0.3, 0.4) is 0 Å². The summed E-state index contributed by atoms with van der Waals surface area (Å²) in [7, 11) is 0. The van der Waals surface area contributed by atoms with E-state index in [2.05, 4.69) is 217 Å². The molecule has 0 aliphatic carbocycles. The van der Waals surface area contributed by atoms with E-state index in [0.717, 1.165) is 11.4 Å². The third-order valence-corrected chi connectivity index (χ3v) is 14.2. The van der Waals surface area contributed by atoms with Crippen molar-refractivity contribution in [1.29, 1.82) is 0 Å². The highest BCUT2D eigenvalue weighted by atomic mass is 32.1. The van der Waals surface area contributed by atoms with E-state index in [9.17, 15) is 0 Å². The molecule has 0 radical (unpaired) electrons. The number of rotatable bonds is 6. The lowest BCUT2D eigenvalue weighted by Crippen LogP contribution is -2.10. The van der Waals surface area contributed by atoms with Crippen LogP contribution in [0.4, 0.5) is 17.1 Å². The molecule has 0 fully saturated rings. The Morgan fingerprint density at radius 1 is 0.288 bits per heavy atom. The second-order valence-corrected chi connectivity index (χ2v) is 17.4. The van der Waals surface area contributed by atoms with Gasteiger partial charge < -0.3 is 4.90 Å². The van der Waals surface area contributed by atoms with Crippen LogP contribution in [-0.2, 0) is 0 Å². The van der Waals surface area contributed by atoms with E-state index in [1.54, 1.807) is 0 Å². The summed E-state index contributed by atoms with van der Waals surface area (Å²) in [6.45, 7) is 0. The zero-order valence-electron chi connectivity index (χ0n) is 32.0. The first-order valence-corrected chi connectivity index (χ1v) is 21.7. The number of hydrogen-bond donors (Lipinski definition) is 0. The Bertz CT molecular complexity index is 3560. The van der Waals surface area contributed by atoms with Crippen LogP contribution in [0.5, 0.6) is 0 Å². The summed E-state index contributed by atoms with van der Waals surface area (Å²) >= 11 is 3.74. The number of fused-ring (bicyclic) bond motifs is 9. The maximum Gasteiger partial charge on any atom is 0.0640 e. The zero-order chi connectivity index (χ0) is 38.9. The van der Waals surface area contributed by atoms with Crippen molar-refractivity contribution in [2.24, 2.45) is 0 Å². The fraction of sp³-hybridized carbons (Fsp3) is 0. The highest BCUT2D eigenvalue weighted by molar-refractivity contribution is 7.26. The van der Waals surface area contributed by atoms with Crippen LogP contribution in [0.25, 0.3) is 95.3 Å². The molecule has 0 N–H and O–H groups in total. The topological polar surface area (TPSA) is 3.24 Å². The molecule has 0 saturated carbocycles. The van der Waals surface area contributed by atoms with Crippen molar-refractivity contribution in [2.75, 3.05) is 4.90 Å². The molecule has 59 heavy (non-hydrogen) atoms. The molecule has 0 aliphatic rings. The van der Waals surface area contributed by atoms with Gasteiger partial charge in [0.25, 0.3) is 0 Å². The van der Waals surface area contributed by atoms with Crippen LogP contribution in [-0.4, -0.2) is 0 Å². The maximum atomic E-state index is 2.46. The van der Waals surface area contributed by atoms with Crippen molar-refractivity contribution < 1.29 is 0 Å². The molecule has 0 bridgehead atoms. The van der Waals surface area contributed by atoms with Gasteiger partial charge in [-0.05, 0) is 110 Å². The Hall–Kier alpha value is -7.04. The van der Waals surface area contributed by atoms with Crippen LogP contribution in [0, 0.1) is 0 Å². The number of hydrogen-bond acceptors (Lipinski definition) is 3. The minimum Gasteiger partial charge on any atom is -0.309 e. The normalized spacial score (nSPS) is 11.7. The molecular formula is C56H35NS2. The van der Waals surface area contributed by atoms with E-state index in [1.165, 1.54) is 101 Å². The Morgan fingerprint density at radius 2 is 0.881 bits per heavy atom. The van der Waals surface area contributed by atoms with Gasteiger partial charge in [0.15, 0.2) is 0 Å². The summed E-state index contributed by atoms with van der Waals surface area (Å²) in [4.78, 5) is 2.46. The van der Waals surface area contributed by atoms with Crippen LogP contribution in [0.15, 0.2) is 212 Å². The molecule has 2 heterocycles. The van der Waals surface area contributed by atoms with Gasteiger partial charge >= 0.3 is 0 Å². The van der Waals surface area contributed by atoms with E-state index >= 15 is 0 Å². The van der Waals surface area contributed by atoms with E-state index in [-0.39, 0.29) is 0 Å². The predicted octanol–water partition coefficient (Wildman–Crippen LogP) is 17.2. The second kappa shape index (κ2) is 13.8. The lowest BCUT2D eigenvalue weighted by Gasteiger charge is -2.27. The Morgan fingerprint density at radius 3 is 1.69 bits per heavy atom. The number of thiophene rings is 2. The molecule has 2 aromatic heterocycles. The third kappa shape index (κ3) is 5.66. The van der Waals surface area contributed by atoms with Crippen molar-refractivity contribution >= 4 is 102 Å². The summed E-state index contributed by atoms with van der Waals surface area (Å²) in [6.07, 6.45) is 0. The fourth-order valence-electron chi connectivity index (χ4n) is 9.09. The second-order valence-electron chi connectivity index (χ2n) is 15.2. The Balaban J connectivity index is 1.06. The quantitative estimate of drug-likeness (QED) is 0.152. The van der Waals surface area contributed by atoms with E-state index in [4.69, 9.17) is 0 Å². The first-order valence-electron chi connectivity index (χ1n) is 20.1. The highest BCUT2D eigenvalue weighted by Gasteiger charge is 2.21. The van der Waals surface area contributed by atoms with Gasteiger partial charge in [-0.2, -0.15) is 0 Å². The van der Waals surface area contributed by atoms with Crippen molar-refractivity contribution in [3.8, 4) is 33.4 Å². The average Bonchev–Trinajstić information content (AvgIpc) is 3.88. The van der Waals surface area contributed by atoms with Crippen LogP contribution in [0.2, 0.25) is 0 Å². The standard InChI is InChI=1S/C56H35NS2/c1-2-13-36(14-3-1)51-35-41(30-32-43(51)39-27-31-48-46-19-8-10-23-53(46)58-55(48)34-39)57(52-22-12-21-49-47-20-9-11-24-54(47)59-56(49)52)40-28-25-37(26-29-40)50-33-38-15-4-5-16-42(38)44-17-6-7-18-45(44)50/h1-35H. The first-order chi connectivity index (χ1) is 29.2. The molecule has 0 aliphatic heterocycles. The fourth-order valence-corrected chi connectivity index (χ4v) is 11.4. The summed E-state index contributed by atoms with van der Waals surface area (Å²) in [5.74, 6) is 0. The summed E-state index contributed by atoms with van der Waals surface area (Å²) in [5, 5.41) is 10.3. The lowest BCUT2D eigenvalue weighted by atomic mass is 9.92. The third-order valence-electron chi connectivity index (χ3n) is 11.9. The van der Waals surface area contributed by atoms with Crippen LogP contribution >= 0.6 is 22.7 Å². The van der Waals surface area contributed by atoms with Gasteiger partial charge in [-0.15, -0.1) is 22.7 Å². The number of nitrogens with zero attached hydrogens (tertiary/aromatic N) is 1. The molecule has 0 spiro atoms. The molecule has 0 atom stereocenters. The SMILES string of the molecule is c1ccc(-c2cc(N(c3ccc(-c4cc5ccccc5c5ccccc45)cc3)c3cccc4c3sc3ccccc34)ccc2-c2ccc3c(c2)sc2ccccc23)cc1. The molecule has 0 unspecified atom stereocenters. The van der Waals surface area contributed by atoms with Crippen molar-refractivity contribution in [1.82, 2.24) is 0 Å². The molecule has 12 rings (SSSR count). The van der Waals surface area contributed by atoms with Crippen molar-refractivity contribution in [3.05, 3.63) is 212 Å². The van der Waals surface area contributed by atoms with Gasteiger partial charge in [0.2, 0.25) is 0 Å². The molecule has 10 aromatic carbocycles. The lowest BCUT2D eigenvalue weighted by molar-refractivity contribution is 1.30. The van der Waals surface area contributed by atoms with Gasteiger partial charge in [0.05, 0.1) is 10.4 Å². The van der Waals surface area contributed by atoms with Crippen molar-refractivity contribution in [2.45, 2.75) is 0 Å². The van der Waals surface area contributed by atoms with E-state index in [0.29, 0.717) is 0 Å². The highest BCUT2D eigenvalue weighted by Crippen LogP contribution is 2.47.